The first-order chi connectivity index (χ1) is 14.0. The summed E-state index contributed by atoms with van der Waals surface area (Å²) in [7, 11) is 0. The highest BCUT2D eigenvalue weighted by atomic mass is 19.1. The molecule has 0 saturated carbocycles. The first-order valence-corrected chi connectivity index (χ1v) is 8.63. The van der Waals surface area contributed by atoms with Crippen LogP contribution in [0.1, 0.15) is 21.1 Å². The molecule has 0 spiro atoms. The van der Waals surface area contributed by atoms with Crippen molar-refractivity contribution in [3.05, 3.63) is 96.1 Å². The fourth-order valence-corrected chi connectivity index (χ4v) is 2.86. The van der Waals surface area contributed by atoms with Crippen molar-refractivity contribution in [2.45, 2.75) is 0 Å². The number of aromatic nitrogens is 2. The maximum absolute atomic E-state index is 13.9. The lowest BCUT2D eigenvalue weighted by Gasteiger charge is -2.04. The molecule has 29 heavy (non-hydrogen) atoms. The fourth-order valence-electron chi connectivity index (χ4n) is 2.86. The molecule has 0 radical (unpaired) electrons. The van der Waals surface area contributed by atoms with Crippen molar-refractivity contribution in [3.63, 3.8) is 0 Å². The van der Waals surface area contributed by atoms with E-state index in [1.165, 1.54) is 46.9 Å². The van der Waals surface area contributed by atoms with E-state index in [1.54, 1.807) is 30.5 Å². The van der Waals surface area contributed by atoms with Crippen molar-refractivity contribution in [1.82, 2.24) is 9.38 Å². The number of imidazole rings is 1. The van der Waals surface area contributed by atoms with Crippen LogP contribution < -0.4 is 10.6 Å². The lowest BCUT2D eigenvalue weighted by Crippen LogP contribution is -2.16. The molecular weight excluding hydrogens is 378 g/mol. The average Bonchev–Trinajstić information content (AvgIpc) is 3.10. The summed E-state index contributed by atoms with van der Waals surface area (Å²) >= 11 is 0. The number of nitrogens with zero attached hydrogens (tertiary/aromatic N) is 2. The number of benzene rings is 2. The van der Waals surface area contributed by atoms with Gasteiger partial charge in [0.2, 0.25) is 5.82 Å². The standard InChI is InChI=1S/C21H14F2N4O2/c22-13-6-5-7-14(12-13)24-21(29)19-26-18(17-10-3-4-11-27(17)19)20(28)25-16-9-2-1-8-15(16)23/h1-12H,(H,24,29)(H,25,28). The Labute approximate surface area is 163 Å². The highest BCUT2D eigenvalue weighted by Crippen LogP contribution is 2.19. The van der Waals surface area contributed by atoms with E-state index >= 15 is 0 Å². The number of carbonyl (C=O) groups excluding carboxylic acids is 2. The van der Waals surface area contributed by atoms with Gasteiger partial charge in [-0.3, -0.25) is 14.0 Å². The van der Waals surface area contributed by atoms with E-state index in [0.29, 0.717) is 5.52 Å². The van der Waals surface area contributed by atoms with E-state index in [9.17, 15) is 18.4 Å². The Kier molecular flexibility index (Phi) is 4.74. The number of pyridine rings is 1. The van der Waals surface area contributed by atoms with Crippen LogP contribution in [-0.4, -0.2) is 21.2 Å². The summed E-state index contributed by atoms with van der Waals surface area (Å²) in [5, 5.41) is 5.01. The molecule has 0 bridgehead atoms. The number of anilines is 2. The van der Waals surface area contributed by atoms with Crippen molar-refractivity contribution in [3.8, 4) is 0 Å². The van der Waals surface area contributed by atoms with Gasteiger partial charge < -0.3 is 10.6 Å². The molecule has 4 aromatic rings. The van der Waals surface area contributed by atoms with Crippen LogP contribution in [0.3, 0.4) is 0 Å². The molecule has 4 rings (SSSR count). The van der Waals surface area contributed by atoms with Crippen LogP contribution in [0.4, 0.5) is 20.2 Å². The Balaban J connectivity index is 1.69. The molecule has 2 heterocycles. The normalized spacial score (nSPS) is 10.7. The van der Waals surface area contributed by atoms with Gasteiger partial charge >= 0.3 is 0 Å². The van der Waals surface area contributed by atoms with Crippen LogP contribution >= 0.6 is 0 Å². The molecule has 0 fully saturated rings. The van der Waals surface area contributed by atoms with Crippen LogP contribution in [-0.2, 0) is 0 Å². The second kappa shape index (κ2) is 7.51. The number of halogens is 2. The number of rotatable bonds is 4. The third-order valence-corrected chi connectivity index (χ3v) is 4.17. The summed E-state index contributed by atoms with van der Waals surface area (Å²) < 4.78 is 28.7. The number of hydrogen-bond donors (Lipinski definition) is 2. The summed E-state index contributed by atoms with van der Waals surface area (Å²) in [6.07, 6.45) is 1.57. The zero-order valence-electron chi connectivity index (χ0n) is 14.9. The number of carbonyl (C=O) groups is 2. The average molecular weight is 392 g/mol. The maximum Gasteiger partial charge on any atom is 0.292 e. The summed E-state index contributed by atoms with van der Waals surface area (Å²) in [4.78, 5) is 29.5. The van der Waals surface area contributed by atoms with Gasteiger partial charge in [-0.05, 0) is 42.5 Å². The lowest BCUT2D eigenvalue weighted by atomic mass is 10.2. The molecule has 0 saturated heterocycles. The van der Waals surface area contributed by atoms with Gasteiger partial charge in [0, 0.05) is 11.9 Å². The molecule has 2 aromatic carbocycles. The number of amides is 2. The van der Waals surface area contributed by atoms with E-state index in [4.69, 9.17) is 0 Å². The number of para-hydroxylation sites is 1. The second-order valence-corrected chi connectivity index (χ2v) is 6.14. The number of fused-ring (bicyclic) bond motifs is 1. The first-order valence-electron chi connectivity index (χ1n) is 8.63. The third kappa shape index (κ3) is 3.68. The van der Waals surface area contributed by atoms with Crippen LogP contribution in [0.15, 0.2) is 72.9 Å². The molecule has 0 aliphatic heterocycles. The van der Waals surface area contributed by atoms with Crippen molar-refractivity contribution in [1.29, 1.82) is 0 Å². The predicted molar refractivity (Wildman–Crippen MR) is 104 cm³/mol. The topological polar surface area (TPSA) is 75.5 Å². The van der Waals surface area contributed by atoms with Gasteiger partial charge in [-0.1, -0.05) is 24.3 Å². The van der Waals surface area contributed by atoms with E-state index < -0.39 is 23.4 Å². The zero-order valence-corrected chi connectivity index (χ0v) is 14.9. The van der Waals surface area contributed by atoms with Crippen LogP contribution in [0.25, 0.3) is 5.52 Å². The Morgan fingerprint density at radius 1 is 0.862 bits per heavy atom. The second-order valence-electron chi connectivity index (χ2n) is 6.14. The molecule has 6 nitrogen and oxygen atoms in total. The Morgan fingerprint density at radius 2 is 1.66 bits per heavy atom. The van der Waals surface area contributed by atoms with Crippen molar-refractivity contribution in [2.24, 2.45) is 0 Å². The monoisotopic (exact) mass is 392 g/mol. The molecule has 0 aliphatic rings. The first kappa shape index (κ1) is 18.3. The fraction of sp³-hybridized carbons (Fsp3) is 0. The van der Waals surface area contributed by atoms with E-state index in [1.807, 2.05) is 0 Å². The van der Waals surface area contributed by atoms with Gasteiger partial charge in [-0.15, -0.1) is 0 Å². The van der Waals surface area contributed by atoms with Gasteiger partial charge in [-0.25, -0.2) is 13.8 Å². The molecule has 0 atom stereocenters. The van der Waals surface area contributed by atoms with Crippen LogP contribution in [0.2, 0.25) is 0 Å². The van der Waals surface area contributed by atoms with Gasteiger partial charge in [0.1, 0.15) is 11.6 Å². The summed E-state index contributed by atoms with van der Waals surface area (Å²) in [6, 6.07) is 16.1. The van der Waals surface area contributed by atoms with Gasteiger partial charge in [-0.2, -0.15) is 0 Å². The Morgan fingerprint density at radius 3 is 2.45 bits per heavy atom. The predicted octanol–water partition coefficient (Wildman–Crippen LogP) is 4.12. The minimum atomic E-state index is -0.663. The third-order valence-electron chi connectivity index (χ3n) is 4.17. The van der Waals surface area contributed by atoms with E-state index in [-0.39, 0.29) is 22.9 Å². The number of hydrogen-bond acceptors (Lipinski definition) is 3. The molecular formula is C21H14F2N4O2. The SMILES string of the molecule is O=C(Nc1ccccc1F)c1nc(C(=O)Nc2cccc(F)c2)n2ccccc12. The molecule has 8 heteroatoms. The molecule has 0 aliphatic carbocycles. The van der Waals surface area contributed by atoms with Gasteiger partial charge in [0.15, 0.2) is 5.69 Å². The van der Waals surface area contributed by atoms with E-state index in [2.05, 4.69) is 15.6 Å². The van der Waals surface area contributed by atoms with Crippen LogP contribution in [0.5, 0.6) is 0 Å². The van der Waals surface area contributed by atoms with Crippen molar-refractivity contribution in [2.75, 3.05) is 10.6 Å². The molecule has 2 amide bonds. The maximum atomic E-state index is 13.9. The highest BCUT2D eigenvalue weighted by molar-refractivity contribution is 6.10. The quantitative estimate of drug-likeness (QED) is 0.549. The highest BCUT2D eigenvalue weighted by Gasteiger charge is 2.22. The Hall–Kier alpha value is -4.07. The molecule has 2 N–H and O–H groups in total. The van der Waals surface area contributed by atoms with Crippen molar-refractivity contribution >= 4 is 28.7 Å². The van der Waals surface area contributed by atoms with Gasteiger partial charge in [0.05, 0.1) is 11.2 Å². The molecule has 2 aromatic heterocycles. The lowest BCUT2D eigenvalue weighted by molar-refractivity contribution is 0.101. The van der Waals surface area contributed by atoms with E-state index in [0.717, 1.165) is 0 Å². The van der Waals surface area contributed by atoms with Crippen LogP contribution in [0, 0.1) is 11.6 Å². The largest absolute Gasteiger partial charge is 0.319 e. The smallest absolute Gasteiger partial charge is 0.292 e. The van der Waals surface area contributed by atoms with Crippen molar-refractivity contribution < 1.29 is 18.4 Å². The summed E-state index contributed by atoms with van der Waals surface area (Å²) in [5.74, 6) is -2.44. The minimum absolute atomic E-state index is 0.000318. The Bertz CT molecular complexity index is 1240. The summed E-state index contributed by atoms with van der Waals surface area (Å²) in [5.41, 5.74) is 0.573. The minimum Gasteiger partial charge on any atom is -0.319 e. The zero-order chi connectivity index (χ0) is 20.4. The summed E-state index contributed by atoms with van der Waals surface area (Å²) in [6.45, 7) is 0. The molecule has 144 valence electrons. The van der Waals surface area contributed by atoms with Gasteiger partial charge in [0.25, 0.3) is 11.8 Å². The number of nitrogens with one attached hydrogen (secondary N) is 2. The molecule has 0 unspecified atom stereocenters.